The average molecular weight is 612 g/mol. The van der Waals surface area contributed by atoms with Gasteiger partial charge in [0, 0.05) is 44.9 Å². The smallest absolute Gasteiger partial charge is 0.243 e. The van der Waals surface area contributed by atoms with Gasteiger partial charge in [0.1, 0.15) is 6.04 Å². The number of carbonyl (C=O) groups is 2. The van der Waals surface area contributed by atoms with Crippen molar-refractivity contribution in [1.82, 2.24) is 10.2 Å². The number of amides is 2. The van der Waals surface area contributed by atoms with Crippen LogP contribution in [0.1, 0.15) is 37.0 Å². The maximum Gasteiger partial charge on any atom is 0.243 e. The van der Waals surface area contributed by atoms with Crippen molar-refractivity contribution in [2.24, 2.45) is 0 Å². The van der Waals surface area contributed by atoms with Crippen molar-refractivity contribution in [3.8, 4) is 0 Å². The zero-order valence-electron chi connectivity index (χ0n) is 21.2. The molecule has 3 rings (SSSR count). The Labute approximate surface area is 249 Å². The number of rotatable bonds is 12. The van der Waals surface area contributed by atoms with E-state index in [9.17, 15) is 9.59 Å². The first-order valence-corrected chi connectivity index (χ1v) is 14.9. The van der Waals surface area contributed by atoms with Crippen LogP contribution in [0.25, 0.3) is 0 Å². The summed E-state index contributed by atoms with van der Waals surface area (Å²) in [5.41, 5.74) is 2.43. The second kappa shape index (κ2) is 15.0. The highest BCUT2D eigenvalue weighted by Gasteiger charge is 2.31. The number of carbonyl (C=O) groups excluding carboxylic acids is 2. The highest BCUT2D eigenvalue weighted by Crippen LogP contribution is 2.29. The molecule has 9 heteroatoms. The molecule has 0 spiro atoms. The first kappa shape index (κ1) is 30.6. The van der Waals surface area contributed by atoms with Gasteiger partial charge in [0.2, 0.25) is 11.8 Å². The van der Waals surface area contributed by atoms with E-state index >= 15 is 0 Å². The van der Waals surface area contributed by atoms with Crippen LogP contribution < -0.4 is 5.32 Å². The van der Waals surface area contributed by atoms with E-state index in [0.29, 0.717) is 37.8 Å². The second-order valence-electron chi connectivity index (χ2n) is 8.97. The minimum Gasteiger partial charge on any atom is -0.352 e. The van der Waals surface area contributed by atoms with Gasteiger partial charge in [0.15, 0.2) is 0 Å². The Bertz CT molecular complexity index is 1220. The van der Waals surface area contributed by atoms with Gasteiger partial charge in [-0.05, 0) is 54.3 Å². The molecule has 0 bridgehead atoms. The van der Waals surface area contributed by atoms with Crippen LogP contribution >= 0.6 is 58.2 Å². The van der Waals surface area contributed by atoms with E-state index < -0.39 is 6.04 Å². The lowest BCUT2D eigenvalue weighted by molar-refractivity contribution is -0.139. The third-order valence-corrected chi connectivity index (χ3v) is 8.40. The summed E-state index contributed by atoms with van der Waals surface area (Å²) in [4.78, 5) is 29.0. The molecule has 0 aliphatic carbocycles. The van der Waals surface area contributed by atoms with Gasteiger partial charge in [0.25, 0.3) is 0 Å². The number of halogens is 4. The number of hydrogen-bond donors (Lipinski definition) is 1. The molecule has 38 heavy (non-hydrogen) atoms. The summed E-state index contributed by atoms with van der Waals surface area (Å²) < 4.78 is 0. The van der Waals surface area contributed by atoms with Gasteiger partial charge in [-0.15, -0.1) is 11.8 Å². The first-order chi connectivity index (χ1) is 18.2. The minimum absolute atomic E-state index is 0.0337. The Morgan fingerprint density at radius 1 is 0.921 bits per heavy atom. The van der Waals surface area contributed by atoms with Gasteiger partial charge in [-0.25, -0.2) is 0 Å². The molecule has 0 aliphatic heterocycles. The molecule has 0 heterocycles. The van der Waals surface area contributed by atoms with E-state index in [4.69, 9.17) is 46.4 Å². The normalized spacial score (nSPS) is 12.6. The van der Waals surface area contributed by atoms with Crippen molar-refractivity contribution in [3.05, 3.63) is 104 Å². The summed E-state index contributed by atoms with van der Waals surface area (Å²) in [6.07, 6.45) is 1.14. The van der Waals surface area contributed by atoms with Gasteiger partial charge in [0.05, 0.1) is 5.75 Å². The number of thioether (sulfide) groups is 1. The molecule has 0 saturated carbocycles. The van der Waals surface area contributed by atoms with Crippen LogP contribution in [-0.4, -0.2) is 34.6 Å². The fourth-order valence-electron chi connectivity index (χ4n) is 3.82. The van der Waals surface area contributed by atoms with Crippen LogP contribution in [0.15, 0.2) is 66.7 Å². The van der Waals surface area contributed by atoms with Gasteiger partial charge in [-0.1, -0.05) is 95.8 Å². The van der Waals surface area contributed by atoms with E-state index in [2.05, 4.69) is 5.32 Å². The highest BCUT2D eigenvalue weighted by atomic mass is 35.5. The first-order valence-electron chi connectivity index (χ1n) is 12.3. The number of hydrogen-bond acceptors (Lipinski definition) is 3. The van der Waals surface area contributed by atoms with E-state index in [1.54, 1.807) is 41.3 Å². The molecule has 202 valence electrons. The van der Waals surface area contributed by atoms with Gasteiger partial charge < -0.3 is 10.2 Å². The quantitative estimate of drug-likeness (QED) is 0.225. The van der Waals surface area contributed by atoms with E-state index in [1.807, 2.05) is 44.2 Å². The summed E-state index contributed by atoms with van der Waals surface area (Å²) >= 11 is 26.6. The molecular formula is C29H30Cl4N2O2S. The lowest BCUT2D eigenvalue weighted by Gasteiger charge is -2.32. The summed E-state index contributed by atoms with van der Waals surface area (Å²) in [5.74, 6) is 0.196. The molecule has 0 radical (unpaired) electrons. The summed E-state index contributed by atoms with van der Waals surface area (Å²) in [6.45, 7) is 4.11. The fourth-order valence-corrected chi connectivity index (χ4v) is 5.94. The largest absolute Gasteiger partial charge is 0.352 e. The van der Waals surface area contributed by atoms with Crippen LogP contribution in [0.3, 0.4) is 0 Å². The predicted octanol–water partition coefficient (Wildman–Crippen LogP) is 8.09. The van der Waals surface area contributed by atoms with Crippen molar-refractivity contribution < 1.29 is 9.59 Å². The molecule has 0 fully saturated rings. The number of nitrogens with one attached hydrogen (secondary N) is 1. The Kier molecular flexibility index (Phi) is 12.1. The van der Waals surface area contributed by atoms with E-state index in [0.717, 1.165) is 17.5 Å². The average Bonchev–Trinajstić information content (AvgIpc) is 2.89. The minimum atomic E-state index is -0.741. The molecule has 2 atom stereocenters. The van der Waals surface area contributed by atoms with Crippen LogP contribution in [-0.2, 0) is 28.3 Å². The van der Waals surface area contributed by atoms with Crippen LogP contribution in [0.4, 0.5) is 0 Å². The molecule has 0 aliphatic rings. The Balaban J connectivity index is 1.91. The van der Waals surface area contributed by atoms with Crippen molar-refractivity contribution in [2.75, 3.05) is 5.75 Å². The third-order valence-electron chi connectivity index (χ3n) is 6.16. The van der Waals surface area contributed by atoms with Gasteiger partial charge in [-0.3, -0.25) is 9.59 Å². The van der Waals surface area contributed by atoms with Gasteiger partial charge in [-0.2, -0.15) is 0 Å². The van der Waals surface area contributed by atoms with Crippen molar-refractivity contribution in [2.45, 2.75) is 51.1 Å². The highest BCUT2D eigenvalue weighted by molar-refractivity contribution is 7.99. The summed E-state index contributed by atoms with van der Waals surface area (Å²) in [7, 11) is 0. The standard InChI is InChI=1S/C29H30Cl4N2O2S/c1-3-19(2)34-29(37)27(14-20-8-5-4-6-9-20)35(16-21-12-13-22(30)15-26(21)33)28(36)18-38-17-23-24(31)10-7-11-25(23)32/h4-13,15,19,27H,3,14,16-18H2,1-2H3,(H,34,37)/t19-,27+/m1/s1. The molecule has 3 aromatic rings. The van der Waals surface area contributed by atoms with Crippen LogP contribution in [0, 0.1) is 0 Å². The van der Waals surface area contributed by atoms with Crippen LogP contribution in [0.2, 0.25) is 20.1 Å². The van der Waals surface area contributed by atoms with Crippen LogP contribution in [0.5, 0.6) is 0 Å². The molecule has 4 nitrogen and oxygen atoms in total. The zero-order valence-corrected chi connectivity index (χ0v) is 25.1. The molecule has 3 aromatic carbocycles. The molecular weight excluding hydrogens is 582 g/mol. The van der Waals surface area contributed by atoms with Crippen molar-refractivity contribution >= 4 is 70.0 Å². The Hall–Kier alpha value is -1.89. The maximum atomic E-state index is 13.8. The predicted molar refractivity (Wildman–Crippen MR) is 161 cm³/mol. The third kappa shape index (κ3) is 8.82. The van der Waals surface area contributed by atoms with Gasteiger partial charge >= 0.3 is 0 Å². The lowest BCUT2D eigenvalue weighted by Crippen LogP contribution is -2.52. The maximum absolute atomic E-state index is 13.8. The van der Waals surface area contributed by atoms with E-state index in [1.165, 1.54) is 11.8 Å². The SMILES string of the molecule is CC[C@@H](C)NC(=O)[C@H](Cc1ccccc1)N(Cc1ccc(Cl)cc1Cl)C(=O)CSCc1c(Cl)cccc1Cl. The second-order valence-corrected chi connectivity index (χ2v) is 11.6. The van der Waals surface area contributed by atoms with Crippen molar-refractivity contribution in [3.63, 3.8) is 0 Å². The fraction of sp³-hybridized carbons (Fsp3) is 0.310. The Morgan fingerprint density at radius 3 is 2.24 bits per heavy atom. The topological polar surface area (TPSA) is 49.4 Å². The van der Waals surface area contributed by atoms with Crippen molar-refractivity contribution in [1.29, 1.82) is 0 Å². The number of nitrogens with zero attached hydrogens (tertiary/aromatic N) is 1. The lowest BCUT2D eigenvalue weighted by atomic mass is 10.0. The van der Waals surface area contributed by atoms with E-state index in [-0.39, 0.29) is 30.2 Å². The zero-order chi connectivity index (χ0) is 27.7. The molecule has 1 N–H and O–H groups in total. The molecule has 0 saturated heterocycles. The summed E-state index contributed by atoms with van der Waals surface area (Å²) in [6, 6.07) is 19.4. The number of benzene rings is 3. The molecule has 2 amide bonds. The monoisotopic (exact) mass is 610 g/mol. The molecule has 0 unspecified atom stereocenters. The summed E-state index contributed by atoms with van der Waals surface area (Å²) in [5, 5.41) is 5.10. The Morgan fingerprint density at radius 2 is 1.61 bits per heavy atom. The molecule has 0 aromatic heterocycles.